The highest BCUT2D eigenvalue weighted by molar-refractivity contribution is 7.09. The van der Waals surface area contributed by atoms with Crippen molar-refractivity contribution in [3.63, 3.8) is 0 Å². The molecule has 1 fully saturated rings. The summed E-state index contributed by atoms with van der Waals surface area (Å²) in [5, 5.41) is 2.72. The molecule has 1 saturated heterocycles. The van der Waals surface area contributed by atoms with E-state index in [1.54, 1.807) is 29.4 Å². The largest absolute Gasteiger partial charge is 0.389 e. The molecule has 3 rings (SSSR count). The molecule has 2 aromatic heterocycles. The van der Waals surface area contributed by atoms with Crippen LogP contribution in [0.25, 0.3) is 0 Å². The minimum absolute atomic E-state index is 0.0418. The van der Waals surface area contributed by atoms with Crippen LogP contribution in [0.3, 0.4) is 0 Å². The number of rotatable bonds is 7. The summed E-state index contributed by atoms with van der Waals surface area (Å²) in [5.41, 5.74) is 1.59. The van der Waals surface area contributed by atoms with Crippen LogP contribution in [-0.4, -0.2) is 63.5 Å². The molecule has 0 unspecified atom stereocenters. The lowest BCUT2D eigenvalue weighted by Crippen LogP contribution is -2.40. The second-order valence-electron chi connectivity index (χ2n) is 7.31. The minimum Gasteiger partial charge on any atom is -0.370 e. The summed E-state index contributed by atoms with van der Waals surface area (Å²) in [4.78, 5) is 36.2. The van der Waals surface area contributed by atoms with Gasteiger partial charge in [0.25, 0.3) is 0 Å². The second kappa shape index (κ2) is 10.2. The molecule has 0 radical (unpaired) electrons. The molecule has 1 aliphatic heterocycles. The van der Waals surface area contributed by atoms with Gasteiger partial charge in [0.05, 0.1) is 42.9 Å². The first kappa shape index (κ1) is 23.1. The number of hydrogen-bond acceptors (Lipinski definition) is 6. The van der Waals surface area contributed by atoms with Crippen molar-refractivity contribution in [2.24, 2.45) is 0 Å². The van der Waals surface area contributed by atoms with E-state index in [1.807, 2.05) is 12.3 Å². The summed E-state index contributed by atoms with van der Waals surface area (Å²) in [6.45, 7) is 2.32. The number of carbonyl (C=O) groups excluding carboxylic acids is 2. The molecule has 0 aliphatic carbocycles. The first-order valence-corrected chi connectivity index (χ1v) is 10.6. The number of carbonyl (C=O) groups is 2. The summed E-state index contributed by atoms with van der Waals surface area (Å²) in [7, 11) is 0. The average Bonchev–Trinajstić information content (AvgIpc) is 3.06. The second-order valence-corrected chi connectivity index (χ2v) is 8.37. The number of halogens is 3. The zero-order valence-electron chi connectivity index (χ0n) is 17.0. The monoisotopic (exact) mass is 456 g/mol. The van der Waals surface area contributed by atoms with Crippen molar-refractivity contribution in [2.45, 2.75) is 45.2 Å². The third-order valence-electron chi connectivity index (χ3n) is 4.76. The highest BCUT2D eigenvalue weighted by Crippen LogP contribution is 2.23. The molecule has 2 aromatic rings. The summed E-state index contributed by atoms with van der Waals surface area (Å²) >= 11 is 1.46. The highest BCUT2D eigenvalue weighted by Gasteiger charge is 2.34. The van der Waals surface area contributed by atoms with Crippen LogP contribution in [0.1, 0.15) is 29.1 Å². The van der Waals surface area contributed by atoms with E-state index in [0.717, 1.165) is 21.2 Å². The SMILES string of the molecule is Cc1nc(CN2C[C@@H](OCc3ccncc3)CN(C(=O)CCC(F)(F)F)CC2=O)cs1. The van der Waals surface area contributed by atoms with E-state index < -0.39 is 31.0 Å². The van der Waals surface area contributed by atoms with E-state index in [9.17, 15) is 22.8 Å². The molecule has 0 spiro atoms. The lowest BCUT2D eigenvalue weighted by atomic mass is 10.2. The van der Waals surface area contributed by atoms with E-state index in [0.29, 0.717) is 0 Å². The van der Waals surface area contributed by atoms with Gasteiger partial charge in [-0.3, -0.25) is 14.6 Å². The van der Waals surface area contributed by atoms with Crippen LogP contribution >= 0.6 is 11.3 Å². The maximum atomic E-state index is 12.8. The number of amides is 2. The van der Waals surface area contributed by atoms with E-state index in [4.69, 9.17) is 4.74 Å². The number of aromatic nitrogens is 2. The molecule has 0 bridgehead atoms. The Morgan fingerprint density at radius 3 is 2.68 bits per heavy atom. The molecular weight excluding hydrogens is 433 g/mol. The maximum absolute atomic E-state index is 12.8. The van der Waals surface area contributed by atoms with E-state index >= 15 is 0 Å². The quantitative estimate of drug-likeness (QED) is 0.641. The van der Waals surface area contributed by atoms with Gasteiger partial charge in [-0.2, -0.15) is 13.2 Å². The van der Waals surface area contributed by atoms with E-state index in [2.05, 4.69) is 9.97 Å². The Kier molecular flexibility index (Phi) is 7.60. The van der Waals surface area contributed by atoms with Gasteiger partial charge < -0.3 is 14.5 Å². The highest BCUT2D eigenvalue weighted by atomic mass is 32.1. The number of thiazole rings is 1. The number of hydrogen-bond donors (Lipinski definition) is 0. The van der Waals surface area contributed by atoms with Crippen LogP contribution in [-0.2, 0) is 27.5 Å². The average molecular weight is 456 g/mol. The fourth-order valence-electron chi connectivity index (χ4n) is 3.20. The number of nitrogens with zero attached hydrogens (tertiary/aromatic N) is 4. The number of ether oxygens (including phenoxy) is 1. The zero-order chi connectivity index (χ0) is 22.4. The van der Waals surface area contributed by atoms with E-state index in [1.165, 1.54) is 11.3 Å². The lowest BCUT2D eigenvalue weighted by molar-refractivity contribution is -0.150. The molecule has 7 nitrogen and oxygen atoms in total. The van der Waals surface area contributed by atoms with Gasteiger partial charge in [0, 0.05) is 37.3 Å². The minimum atomic E-state index is -4.43. The van der Waals surface area contributed by atoms with Crippen molar-refractivity contribution in [1.29, 1.82) is 0 Å². The van der Waals surface area contributed by atoms with Crippen molar-refractivity contribution in [2.75, 3.05) is 19.6 Å². The fourth-order valence-corrected chi connectivity index (χ4v) is 3.81. The molecule has 0 aromatic carbocycles. The molecule has 1 aliphatic rings. The normalized spacial score (nSPS) is 17.7. The lowest BCUT2D eigenvalue weighted by Gasteiger charge is -2.24. The first-order valence-electron chi connectivity index (χ1n) is 9.73. The number of aryl methyl sites for hydroxylation is 1. The van der Waals surface area contributed by atoms with Crippen LogP contribution < -0.4 is 0 Å². The van der Waals surface area contributed by atoms with Gasteiger partial charge in [-0.1, -0.05) is 0 Å². The Bertz CT molecular complexity index is 891. The molecule has 11 heteroatoms. The Morgan fingerprint density at radius 2 is 2.03 bits per heavy atom. The zero-order valence-corrected chi connectivity index (χ0v) is 17.8. The van der Waals surface area contributed by atoms with Gasteiger partial charge in [0.1, 0.15) is 0 Å². The third kappa shape index (κ3) is 7.28. The van der Waals surface area contributed by atoms with Crippen LogP contribution in [0.2, 0.25) is 0 Å². The summed E-state index contributed by atoms with van der Waals surface area (Å²) in [5.74, 6) is -1.06. The molecular formula is C20H23F3N4O3S. The third-order valence-corrected chi connectivity index (χ3v) is 5.58. The van der Waals surface area contributed by atoms with Gasteiger partial charge in [-0.05, 0) is 24.6 Å². The molecule has 1 atom stereocenters. The molecule has 0 N–H and O–H groups in total. The Balaban J connectivity index is 1.71. The Hall–Kier alpha value is -2.53. The van der Waals surface area contributed by atoms with E-state index in [-0.39, 0.29) is 38.7 Å². The van der Waals surface area contributed by atoms with Crippen molar-refractivity contribution in [3.8, 4) is 0 Å². The van der Waals surface area contributed by atoms with Gasteiger partial charge >= 0.3 is 6.18 Å². The standard InChI is InChI=1S/C20H23F3N4O3S/c1-14-25-16(13-31-14)8-26-9-17(30-12-15-3-6-24-7-4-15)10-27(11-19(26)29)18(28)2-5-20(21,22)23/h3-4,6-7,13,17H,2,5,8-12H2,1H3/t17-/m1/s1. The topological polar surface area (TPSA) is 75.6 Å². The Morgan fingerprint density at radius 1 is 1.29 bits per heavy atom. The fraction of sp³-hybridized carbons (Fsp3) is 0.500. The summed E-state index contributed by atoms with van der Waals surface area (Å²) in [6, 6.07) is 3.56. The van der Waals surface area contributed by atoms with Crippen molar-refractivity contribution in [1.82, 2.24) is 19.8 Å². The predicted molar refractivity (Wildman–Crippen MR) is 107 cm³/mol. The van der Waals surface area contributed by atoms with Crippen molar-refractivity contribution < 1.29 is 27.5 Å². The summed E-state index contributed by atoms with van der Waals surface area (Å²) in [6.07, 6.45) is -3.65. The Labute approximate surface area is 181 Å². The number of pyridine rings is 1. The van der Waals surface area contributed by atoms with Gasteiger partial charge in [0.15, 0.2) is 0 Å². The molecule has 31 heavy (non-hydrogen) atoms. The maximum Gasteiger partial charge on any atom is 0.389 e. The van der Waals surface area contributed by atoms with Crippen molar-refractivity contribution in [3.05, 3.63) is 46.2 Å². The molecule has 168 valence electrons. The van der Waals surface area contributed by atoms with Crippen LogP contribution in [0, 0.1) is 6.92 Å². The van der Waals surface area contributed by atoms with Gasteiger partial charge in [-0.25, -0.2) is 4.98 Å². The smallest absolute Gasteiger partial charge is 0.370 e. The van der Waals surface area contributed by atoms with Crippen molar-refractivity contribution >= 4 is 23.2 Å². The van der Waals surface area contributed by atoms with Gasteiger partial charge in [-0.15, -0.1) is 11.3 Å². The first-order chi connectivity index (χ1) is 14.7. The van der Waals surface area contributed by atoms with Crippen LogP contribution in [0.5, 0.6) is 0 Å². The summed E-state index contributed by atoms with van der Waals surface area (Å²) < 4.78 is 43.6. The molecule has 3 heterocycles. The predicted octanol–water partition coefficient (Wildman–Crippen LogP) is 2.95. The molecule has 0 saturated carbocycles. The van der Waals surface area contributed by atoms with Gasteiger partial charge in [0.2, 0.25) is 11.8 Å². The molecule has 2 amide bonds. The number of alkyl halides is 3. The van der Waals surface area contributed by atoms with Crippen LogP contribution in [0.4, 0.5) is 13.2 Å². The van der Waals surface area contributed by atoms with Crippen LogP contribution in [0.15, 0.2) is 29.9 Å².